The molecule has 102 valence electrons. The van der Waals surface area contributed by atoms with Crippen molar-refractivity contribution < 1.29 is 4.79 Å². The lowest BCUT2D eigenvalue weighted by atomic mass is 10.0. The number of aryl methyl sites for hydroxylation is 1. The summed E-state index contributed by atoms with van der Waals surface area (Å²) in [5.74, 6) is -0.278. The Morgan fingerprint density at radius 1 is 1.45 bits per heavy atom. The van der Waals surface area contributed by atoms with E-state index in [0.29, 0.717) is 17.4 Å². The van der Waals surface area contributed by atoms with Crippen molar-refractivity contribution in [1.82, 2.24) is 4.98 Å². The maximum atomic E-state index is 12.4. The van der Waals surface area contributed by atoms with Crippen molar-refractivity contribution in [2.75, 3.05) is 17.2 Å². The number of carbonyl (C=O) groups excluding carboxylic acids is 1. The van der Waals surface area contributed by atoms with Crippen molar-refractivity contribution in [3.63, 3.8) is 0 Å². The van der Waals surface area contributed by atoms with E-state index in [0.717, 1.165) is 16.8 Å². The zero-order valence-electron chi connectivity index (χ0n) is 11.0. The number of benzene rings is 1. The van der Waals surface area contributed by atoms with E-state index in [4.69, 9.17) is 11.6 Å². The fourth-order valence-corrected chi connectivity index (χ4v) is 2.53. The van der Waals surface area contributed by atoms with E-state index in [2.05, 4.69) is 15.6 Å². The second kappa shape index (κ2) is 5.13. The van der Waals surface area contributed by atoms with Crippen molar-refractivity contribution >= 4 is 28.9 Å². The van der Waals surface area contributed by atoms with Crippen molar-refractivity contribution in [3.8, 4) is 0 Å². The van der Waals surface area contributed by atoms with Gasteiger partial charge in [0.2, 0.25) is 5.91 Å². The third-order valence-corrected chi connectivity index (χ3v) is 3.68. The summed E-state index contributed by atoms with van der Waals surface area (Å²) in [6.07, 6.45) is 1.67. The van der Waals surface area contributed by atoms with Crippen molar-refractivity contribution in [2.45, 2.75) is 12.8 Å². The molecular formula is C15H14ClN3O. The predicted octanol–water partition coefficient (Wildman–Crippen LogP) is 3.19. The lowest BCUT2D eigenvalue weighted by Crippen LogP contribution is -2.22. The minimum atomic E-state index is -0.206. The second-order valence-corrected chi connectivity index (χ2v) is 5.22. The van der Waals surface area contributed by atoms with Crippen LogP contribution < -0.4 is 10.6 Å². The maximum absolute atomic E-state index is 12.4. The third-order valence-electron chi connectivity index (χ3n) is 3.38. The molecule has 0 saturated carbocycles. The van der Waals surface area contributed by atoms with Crippen LogP contribution in [0.1, 0.15) is 17.0 Å². The van der Waals surface area contributed by atoms with Crippen LogP contribution in [0, 0.1) is 6.92 Å². The van der Waals surface area contributed by atoms with Crippen LogP contribution in [0.25, 0.3) is 0 Å². The van der Waals surface area contributed by atoms with Gasteiger partial charge in [-0.3, -0.25) is 4.79 Å². The van der Waals surface area contributed by atoms with Crippen LogP contribution in [-0.2, 0) is 4.79 Å². The molecule has 1 aliphatic heterocycles. The van der Waals surface area contributed by atoms with E-state index in [1.165, 1.54) is 0 Å². The Labute approximate surface area is 122 Å². The molecule has 0 saturated heterocycles. The van der Waals surface area contributed by atoms with Gasteiger partial charge in [-0.2, -0.15) is 0 Å². The van der Waals surface area contributed by atoms with Gasteiger partial charge in [0.15, 0.2) is 5.15 Å². The van der Waals surface area contributed by atoms with E-state index in [1.807, 2.05) is 37.3 Å². The van der Waals surface area contributed by atoms with E-state index < -0.39 is 0 Å². The summed E-state index contributed by atoms with van der Waals surface area (Å²) in [6.45, 7) is 2.51. The first kappa shape index (κ1) is 12.9. The van der Waals surface area contributed by atoms with E-state index in [9.17, 15) is 4.79 Å². The first-order valence-electron chi connectivity index (χ1n) is 6.41. The van der Waals surface area contributed by atoms with Crippen LogP contribution in [0.15, 0.2) is 36.5 Å². The highest BCUT2D eigenvalue weighted by Gasteiger charge is 2.28. The van der Waals surface area contributed by atoms with Gasteiger partial charge in [-0.25, -0.2) is 4.98 Å². The van der Waals surface area contributed by atoms with Crippen molar-refractivity contribution in [1.29, 1.82) is 0 Å². The molecule has 20 heavy (non-hydrogen) atoms. The minimum Gasteiger partial charge on any atom is -0.384 e. The fourth-order valence-electron chi connectivity index (χ4n) is 2.38. The summed E-state index contributed by atoms with van der Waals surface area (Å²) < 4.78 is 0. The molecule has 0 spiro atoms. The minimum absolute atomic E-state index is 0.0725. The molecule has 2 aromatic rings. The molecule has 5 heteroatoms. The first-order valence-corrected chi connectivity index (χ1v) is 6.79. The monoisotopic (exact) mass is 287 g/mol. The number of aromatic nitrogens is 1. The van der Waals surface area contributed by atoms with Gasteiger partial charge in [-0.15, -0.1) is 0 Å². The molecule has 1 aromatic heterocycles. The van der Waals surface area contributed by atoms with E-state index in [-0.39, 0.29) is 11.8 Å². The molecule has 1 aromatic carbocycles. The number of anilines is 2. The molecule has 1 aliphatic rings. The number of nitrogens with one attached hydrogen (secondary N) is 2. The van der Waals surface area contributed by atoms with Crippen LogP contribution in [0.5, 0.6) is 0 Å². The molecule has 2 heterocycles. The van der Waals surface area contributed by atoms with Crippen LogP contribution in [0.4, 0.5) is 11.4 Å². The number of rotatable bonds is 2. The maximum Gasteiger partial charge on any atom is 0.233 e. The Hall–Kier alpha value is -2.07. The summed E-state index contributed by atoms with van der Waals surface area (Å²) in [5, 5.41) is 6.40. The second-order valence-electron chi connectivity index (χ2n) is 4.86. The number of hydrogen-bond acceptors (Lipinski definition) is 3. The number of hydrogen-bond donors (Lipinski definition) is 2. The molecule has 0 radical (unpaired) electrons. The highest BCUT2D eigenvalue weighted by atomic mass is 35.5. The van der Waals surface area contributed by atoms with Gasteiger partial charge in [0.1, 0.15) is 0 Å². The van der Waals surface area contributed by atoms with Gasteiger partial charge in [0.05, 0.1) is 11.6 Å². The zero-order valence-corrected chi connectivity index (χ0v) is 11.7. The summed E-state index contributed by atoms with van der Waals surface area (Å²) in [5.41, 5.74) is 3.54. The molecular weight excluding hydrogens is 274 g/mol. The normalized spacial score (nSPS) is 16.4. The smallest absolute Gasteiger partial charge is 0.233 e. The SMILES string of the molecule is Cc1cnc(Cl)c(NC(=O)C2CNc3ccccc32)c1. The number of para-hydroxylation sites is 1. The Kier molecular flexibility index (Phi) is 3.32. The largest absolute Gasteiger partial charge is 0.384 e. The van der Waals surface area contributed by atoms with Crippen LogP contribution >= 0.6 is 11.6 Å². The number of nitrogens with zero attached hydrogens (tertiary/aromatic N) is 1. The van der Waals surface area contributed by atoms with Gasteiger partial charge in [-0.1, -0.05) is 29.8 Å². The van der Waals surface area contributed by atoms with Gasteiger partial charge in [-0.05, 0) is 30.2 Å². The Morgan fingerprint density at radius 2 is 2.25 bits per heavy atom. The molecule has 1 unspecified atom stereocenters. The fraction of sp³-hybridized carbons (Fsp3) is 0.200. The molecule has 1 atom stereocenters. The zero-order chi connectivity index (χ0) is 14.1. The average Bonchev–Trinajstić information content (AvgIpc) is 2.87. The Morgan fingerprint density at radius 3 is 3.10 bits per heavy atom. The molecule has 0 fully saturated rings. The lowest BCUT2D eigenvalue weighted by Gasteiger charge is -2.12. The van der Waals surface area contributed by atoms with E-state index in [1.54, 1.807) is 6.20 Å². The third kappa shape index (κ3) is 2.34. The van der Waals surface area contributed by atoms with Gasteiger partial charge >= 0.3 is 0 Å². The number of pyridine rings is 1. The topological polar surface area (TPSA) is 54.0 Å². The quantitative estimate of drug-likeness (QED) is 0.834. The molecule has 0 aliphatic carbocycles. The molecule has 2 N–H and O–H groups in total. The van der Waals surface area contributed by atoms with Crippen LogP contribution in [0.3, 0.4) is 0 Å². The molecule has 3 rings (SSSR count). The molecule has 4 nitrogen and oxygen atoms in total. The van der Waals surface area contributed by atoms with Crippen molar-refractivity contribution in [3.05, 3.63) is 52.8 Å². The van der Waals surface area contributed by atoms with E-state index >= 15 is 0 Å². The molecule has 0 bridgehead atoms. The van der Waals surface area contributed by atoms with Gasteiger partial charge < -0.3 is 10.6 Å². The average molecular weight is 288 g/mol. The number of halogens is 1. The van der Waals surface area contributed by atoms with Crippen molar-refractivity contribution in [2.24, 2.45) is 0 Å². The Bertz CT molecular complexity index is 672. The highest BCUT2D eigenvalue weighted by Crippen LogP contribution is 2.32. The van der Waals surface area contributed by atoms with Gasteiger partial charge in [0.25, 0.3) is 0 Å². The standard InChI is InChI=1S/C15H14ClN3O/c1-9-6-13(14(16)18-7-9)19-15(20)11-8-17-12-5-3-2-4-10(11)12/h2-7,11,17H,8H2,1H3,(H,19,20). The number of fused-ring (bicyclic) bond motifs is 1. The van der Waals surface area contributed by atoms with Crippen LogP contribution in [-0.4, -0.2) is 17.4 Å². The summed E-state index contributed by atoms with van der Waals surface area (Å²) in [4.78, 5) is 16.4. The number of amides is 1. The summed E-state index contributed by atoms with van der Waals surface area (Å²) in [7, 11) is 0. The summed E-state index contributed by atoms with van der Waals surface area (Å²) >= 11 is 6.01. The highest BCUT2D eigenvalue weighted by molar-refractivity contribution is 6.32. The number of carbonyl (C=O) groups is 1. The lowest BCUT2D eigenvalue weighted by molar-refractivity contribution is -0.117. The first-order chi connectivity index (χ1) is 9.65. The predicted molar refractivity (Wildman–Crippen MR) is 80.3 cm³/mol. The summed E-state index contributed by atoms with van der Waals surface area (Å²) in [6, 6.07) is 9.65. The molecule has 1 amide bonds. The van der Waals surface area contributed by atoms with Gasteiger partial charge in [0, 0.05) is 18.4 Å². The Balaban J connectivity index is 1.83. The van der Waals surface area contributed by atoms with Crippen LogP contribution in [0.2, 0.25) is 5.15 Å².